The number of hydrogen-bond acceptors (Lipinski definition) is 3. The zero-order chi connectivity index (χ0) is 8.27. The van der Waals surface area contributed by atoms with Crippen LogP contribution in [-0.2, 0) is 4.79 Å². The number of carboxylic acids is 1. The number of halogens is 1. The van der Waals surface area contributed by atoms with Crippen molar-refractivity contribution in [2.75, 3.05) is 13.1 Å². The van der Waals surface area contributed by atoms with Gasteiger partial charge in [-0.2, -0.15) is 0 Å². The Morgan fingerprint density at radius 2 is 2.00 bits per heavy atom. The first kappa shape index (κ1) is 11.7. The van der Waals surface area contributed by atoms with Crippen LogP contribution in [0.2, 0.25) is 0 Å². The van der Waals surface area contributed by atoms with Crippen molar-refractivity contribution in [1.29, 1.82) is 0 Å². The van der Waals surface area contributed by atoms with Crippen LogP contribution in [0.3, 0.4) is 0 Å². The average molecular weight is 195 g/mol. The SMILES string of the molecule is Cl.NC(C(=O)O)C1CCNCC1. The first-order valence-electron chi connectivity index (χ1n) is 3.91. The molecule has 0 aliphatic carbocycles. The van der Waals surface area contributed by atoms with E-state index < -0.39 is 12.0 Å². The van der Waals surface area contributed by atoms with Crippen molar-refractivity contribution in [3.63, 3.8) is 0 Å². The standard InChI is InChI=1S/C7H14N2O2.ClH/c8-6(7(10)11)5-1-3-9-4-2-5;/h5-6,9H,1-4,8H2,(H,10,11);1H. The minimum atomic E-state index is -0.878. The maximum Gasteiger partial charge on any atom is 0.320 e. The number of nitrogens with one attached hydrogen (secondary N) is 1. The summed E-state index contributed by atoms with van der Waals surface area (Å²) in [5.41, 5.74) is 5.46. The van der Waals surface area contributed by atoms with Crippen molar-refractivity contribution in [2.45, 2.75) is 18.9 Å². The quantitative estimate of drug-likeness (QED) is 0.570. The monoisotopic (exact) mass is 194 g/mol. The van der Waals surface area contributed by atoms with Crippen LogP contribution in [0.4, 0.5) is 0 Å². The Morgan fingerprint density at radius 1 is 1.50 bits per heavy atom. The first-order chi connectivity index (χ1) is 5.22. The number of nitrogens with two attached hydrogens (primary N) is 1. The fraction of sp³-hybridized carbons (Fsp3) is 0.857. The van der Waals surface area contributed by atoms with Crippen molar-refractivity contribution in [1.82, 2.24) is 5.32 Å². The number of aliphatic carboxylic acids is 1. The molecule has 0 saturated carbocycles. The molecule has 0 aromatic carbocycles. The third kappa shape index (κ3) is 2.97. The lowest BCUT2D eigenvalue weighted by molar-refractivity contribution is -0.140. The molecule has 1 fully saturated rings. The van der Waals surface area contributed by atoms with Gasteiger partial charge in [-0.25, -0.2) is 0 Å². The summed E-state index contributed by atoms with van der Waals surface area (Å²) in [4.78, 5) is 10.5. The van der Waals surface area contributed by atoms with Gasteiger partial charge in [-0.3, -0.25) is 4.79 Å². The van der Waals surface area contributed by atoms with Gasteiger partial charge in [0.05, 0.1) is 0 Å². The molecule has 0 aromatic heterocycles. The lowest BCUT2D eigenvalue weighted by Crippen LogP contribution is -2.43. The van der Waals surface area contributed by atoms with E-state index in [-0.39, 0.29) is 18.3 Å². The lowest BCUT2D eigenvalue weighted by Gasteiger charge is -2.25. The minimum absolute atomic E-state index is 0. The van der Waals surface area contributed by atoms with Crippen LogP contribution in [-0.4, -0.2) is 30.2 Å². The fourth-order valence-corrected chi connectivity index (χ4v) is 1.41. The van der Waals surface area contributed by atoms with Crippen molar-refractivity contribution in [2.24, 2.45) is 11.7 Å². The summed E-state index contributed by atoms with van der Waals surface area (Å²) < 4.78 is 0. The molecule has 0 spiro atoms. The maximum absolute atomic E-state index is 10.5. The Kier molecular flexibility index (Phi) is 5.20. The Labute approximate surface area is 77.9 Å². The second-order valence-electron chi connectivity index (χ2n) is 2.95. The summed E-state index contributed by atoms with van der Waals surface area (Å²) in [6, 6.07) is -0.669. The molecule has 12 heavy (non-hydrogen) atoms. The molecule has 0 amide bonds. The van der Waals surface area contributed by atoms with Crippen molar-refractivity contribution >= 4 is 18.4 Å². The highest BCUT2D eigenvalue weighted by Gasteiger charge is 2.25. The molecular formula is C7H15ClN2O2. The molecule has 0 radical (unpaired) electrons. The molecular weight excluding hydrogens is 180 g/mol. The van der Waals surface area contributed by atoms with Crippen LogP contribution < -0.4 is 11.1 Å². The maximum atomic E-state index is 10.5. The van der Waals surface area contributed by atoms with Gasteiger partial charge in [0.15, 0.2) is 0 Å². The van der Waals surface area contributed by atoms with Gasteiger partial charge in [0.1, 0.15) is 6.04 Å². The molecule has 1 rings (SSSR count). The Bertz CT molecular complexity index is 148. The van der Waals surface area contributed by atoms with Gasteiger partial charge in [0.25, 0.3) is 0 Å². The van der Waals surface area contributed by atoms with Crippen LogP contribution in [0.25, 0.3) is 0 Å². The van der Waals surface area contributed by atoms with Crippen LogP contribution in [0.1, 0.15) is 12.8 Å². The fourth-order valence-electron chi connectivity index (χ4n) is 1.41. The van der Waals surface area contributed by atoms with E-state index in [2.05, 4.69) is 5.32 Å². The summed E-state index contributed by atoms with van der Waals surface area (Å²) in [6.45, 7) is 1.79. The van der Waals surface area contributed by atoms with Gasteiger partial charge < -0.3 is 16.2 Å². The van der Waals surface area contributed by atoms with E-state index in [4.69, 9.17) is 10.8 Å². The number of piperidine rings is 1. The normalized spacial score (nSPS) is 21.1. The highest BCUT2D eigenvalue weighted by atomic mass is 35.5. The highest BCUT2D eigenvalue weighted by molar-refractivity contribution is 5.85. The van der Waals surface area contributed by atoms with E-state index >= 15 is 0 Å². The minimum Gasteiger partial charge on any atom is -0.480 e. The topological polar surface area (TPSA) is 75.4 Å². The van der Waals surface area contributed by atoms with Gasteiger partial charge in [0, 0.05) is 0 Å². The van der Waals surface area contributed by atoms with E-state index in [0.29, 0.717) is 0 Å². The summed E-state index contributed by atoms with van der Waals surface area (Å²) >= 11 is 0. The molecule has 0 aromatic rings. The van der Waals surface area contributed by atoms with E-state index in [1.165, 1.54) is 0 Å². The molecule has 1 aliphatic heterocycles. The van der Waals surface area contributed by atoms with E-state index in [0.717, 1.165) is 25.9 Å². The zero-order valence-electron chi connectivity index (χ0n) is 6.82. The second-order valence-corrected chi connectivity index (χ2v) is 2.95. The van der Waals surface area contributed by atoms with Gasteiger partial charge >= 0.3 is 5.97 Å². The Morgan fingerprint density at radius 3 is 2.42 bits per heavy atom. The molecule has 0 bridgehead atoms. The Hall–Kier alpha value is -0.320. The molecule has 5 heteroatoms. The summed E-state index contributed by atoms with van der Waals surface area (Å²) in [5.74, 6) is -0.717. The number of carbonyl (C=O) groups is 1. The largest absolute Gasteiger partial charge is 0.480 e. The molecule has 4 N–H and O–H groups in total. The van der Waals surface area contributed by atoms with Crippen molar-refractivity contribution in [3.05, 3.63) is 0 Å². The summed E-state index contributed by atoms with van der Waals surface area (Å²) in [5, 5.41) is 11.7. The predicted octanol–water partition coefficient (Wildman–Crippen LogP) is -0.180. The van der Waals surface area contributed by atoms with Gasteiger partial charge in [0.2, 0.25) is 0 Å². The second kappa shape index (κ2) is 5.35. The number of carboxylic acid groups (broad SMARTS) is 1. The third-order valence-corrected chi connectivity index (χ3v) is 2.18. The van der Waals surface area contributed by atoms with Crippen LogP contribution >= 0.6 is 12.4 Å². The van der Waals surface area contributed by atoms with Gasteiger partial charge in [-0.15, -0.1) is 12.4 Å². The molecule has 4 nitrogen and oxygen atoms in total. The summed E-state index contributed by atoms with van der Waals surface area (Å²) in [7, 11) is 0. The predicted molar refractivity (Wildman–Crippen MR) is 48.5 cm³/mol. The highest BCUT2D eigenvalue weighted by Crippen LogP contribution is 2.14. The summed E-state index contributed by atoms with van der Waals surface area (Å²) in [6.07, 6.45) is 1.76. The van der Waals surface area contributed by atoms with E-state index in [1.807, 2.05) is 0 Å². The molecule has 1 atom stereocenters. The van der Waals surface area contributed by atoms with Crippen LogP contribution in [0, 0.1) is 5.92 Å². The number of rotatable bonds is 2. The molecule has 1 unspecified atom stereocenters. The van der Waals surface area contributed by atoms with Crippen molar-refractivity contribution in [3.8, 4) is 0 Å². The molecule has 1 aliphatic rings. The number of hydrogen-bond donors (Lipinski definition) is 3. The van der Waals surface area contributed by atoms with Crippen molar-refractivity contribution < 1.29 is 9.90 Å². The first-order valence-corrected chi connectivity index (χ1v) is 3.91. The molecule has 72 valence electrons. The Balaban J connectivity index is 0.00000121. The lowest BCUT2D eigenvalue weighted by atomic mass is 9.91. The average Bonchev–Trinajstić information content (AvgIpc) is 2.05. The van der Waals surface area contributed by atoms with E-state index in [1.54, 1.807) is 0 Å². The third-order valence-electron chi connectivity index (χ3n) is 2.18. The molecule has 1 saturated heterocycles. The van der Waals surface area contributed by atoms with Crippen LogP contribution in [0.5, 0.6) is 0 Å². The van der Waals surface area contributed by atoms with Crippen LogP contribution in [0.15, 0.2) is 0 Å². The van der Waals surface area contributed by atoms with Gasteiger partial charge in [-0.1, -0.05) is 0 Å². The van der Waals surface area contributed by atoms with Gasteiger partial charge in [-0.05, 0) is 31.8 Å². The molecule has 1 heterocycles. The van der Waals surface area contributed by atoms with E-state index in [9.17, 15) is 4.79 Å². The zero-order valence-corrected chi connectivity index (χ0v) is 7.64. The smallest absolute Gasteiger partial charge is 0.320 e.